The number of aryl methyl sites for hydroxylation is 1. The maximum absolute atomic E-state index is 13.1. The van der Waals surface area contributed by atoms with Gasteiger partial charge in [0, 0.05) is 0 Å². The molecule has 0 heterocycles. The molecule has 0 aliphatic rings. The molecule has 1 nitrogen and oxygen atoms in total. The molecule has 2 aromatic carbocycles. The molecule has 2 heteroatoms. The Balaban J connectivity index is 2.44. The zero-order chi connectivity index (χ0) is 13.0. The number of benzene rings is 2. The second-order valence-electron chi connectivity index (χ2n) is 4.09. The molecule has 0 aliphatic carbocycles. The number of rotatable bonds is 2. The molecule has 0 radical (unpaired) electrons. The molecule has 0 spiro atoms. The van der Waals surface area contributed by atoms with Gasteiger partial charge in [0.2, 0.25) is 0 Å². The van der Waals surface area contributed by atoms with Crippen molar-refractivity contribution in [3.63, 3.8) is 0 Å². The number of nitrogens with zero attached hydrogens (tertiary/aromatic N) is 1. The van der Waals surface area contributed by atoms with E-state index in [2.05, 4.69) is 6.07 Å². The summed E-state index contributed by atoms with van der Waals surface area (Å²) >= 11 is 0. The molecule has 2 rings (SSSR count). The average molecular weight is 237 g/mol. The Kier molecular flexibility index (Phi) is 3.54. The average Bonchev–Trinajstić information content (AvgIpc) is 2.36. The summed E-state index contributed by atoms with van der Waals surface area (Å²) in [6.45, 7) is 1.99. The Hall–Kier alpha value is -2.40. The molecule has 0 atom stereocenters. The van der Waals surface area contributed by atoms with Crippen molar-refractivity contribution in [2.24, 2.45) is 0 Å². The van der Waals surface area contributed by atoms with E-state index in [9.17, 15) is 4.39 Å². The van der Waals surface area contributed by atoms with Gasteiger partial charge in [0.05, 0.1) is 11.6 Å². The fraction of sp³-hybridized carbons (Fsp3) is 0.0625. The summed E-state index contributed by atoms with van der Waals surface area (Å²) in [5.41, 5.74) is 3.12. The van der Waals surface area contributed by atoms with E-state index in [1.807, 2.05) is 31.2 Å². The summed E-state index contributed by atoms with van der Waals surface area (Å²) in [6.07, 6.45) is 1.77. The van der Waals surface area contributed by atoms with Gasteiger partial charge in [-0.2, -0.15) is 5.26 Å². The summed E-state index contributed by atoms with van der Waals surface area (Å²) in [4.78, 5) is 0. The Morgan fingerprint density at radius 1 is 1.17 bits per heavy atom. The predicted molar refractivity (Wildman–Crippen MR) is 71.1 cm³/mol. The predicted octanol–water partition coefficient (Wildman–Crippen LogP) is 4.20. The van der Waals surface area contributed by atoms with Crippen molar-refractivity contribution in [2.75, 3.05) is 0 Å². The number of halogens is 1. The van der Waals surface area contributed by atoms with Crippen molar-refractivity contribution in [2.45, 2.75) is 6.92 Å². The topological polar surface area (TPSA) is 23.8 Å². The van der Waals surface area contributed by atoms with Gasteiger partial charge in [-0.05, 0) is 36.3 Å². The van der Waals surface area contributed by atoms with Crippen molar-refractivity contribution in [1.29, 1.82) is 5.26 Å². The molecule has 0 N–H and O–H groups in total. The lowest BCUT2D eigenvalue weighted by molar-refractivity contribution is 0.627. The first-order valence-electron chi connectivity index (χ1n) is 5.63. The van der Waals surface area contributed by atoms with Gasteiger partial charge in [-0.15, -0.1) is 0 Å². The highest BCUT2D eigenvalue weighted by molar-refractivity contribution is 5.89. The molecular weight excluding hydrogens is 225 g/mol. The third-order valence-electron chi connectivity index (χ3n) is 2.61. The van der Waals surface area contributed by atoms with Crippen molar-refractivity contribution >= 4 is 11.6 Å². The van der Waals surface area contributed by atoms with Gasteiger partial charge in [-0.25, -0.2) is 4.39 Å². The van der Waals surface area contributed by atoms with Crippen LogP contribution in [0.1, 0.15) is 16.7 Å². The SMILES string of the molecule is Cc1cccc(/C=C(/C#N)c2cccc(F)c2)c1. The molecule has 0 amide bonds. The van der Waals surface area contributed by atoms with E-state index in [1.54, 1.807) is 18.2 Å². The molecule has 2 aromatic rings. The fourth-order valence-corrected chi connectivity index (χ4v) is 1.76. The van der Waals surface area contributed by atoms with E-state index in [4.69, 9.17) is 5.26 Å². The van der Waals surface area contributed by atoms with Gasteiger partial charge in [-0.3, -0.25) is 0 Å². The van der Waals surface area contributed by atoms with Gasteiger partial charge in [-0.1, -0.05) is 42.0 Å². The Morgan fingerprint density at radius 3 is 2.61 bits per heavy atom. The maximum Gasteiger partial charge on any atom is 0.123 e. The van der Waals surface area contributed by atoms with Crippen molar-refractivity contribution in [1.82, 2.24) is 0 Å². The summed E-state index contributed by atoms with van der Waals surface area (Å²) in [7, 11) is 0. The molecule has 0 bridgehead atoms. The second-order valence-corrected chi connectivity index (χ2v) is 4.09. The minimum atomic E-state index is -0.335. The molecule has 18 heavy (non-hydrogen) atoms. The van der Waals surface area contributed by atoms with Crippen LogP contribution < -0.4 is 0 Å². The molecule has 0 saturated carbocycles. The minimum Gasteiger partial charge on any atom is -0.207 e. The van der Waals surface area contributed by atoms with E-state index in [-0.39, 0.29) is 5.82 Å². The summed E-state index contributed by atoms with van der Waals surface area (Å²) < 4.78 is 13.1. The summed E-state index contributed by atoms with van der Waals surface area (Å²) in [5.74, 6) is -0.335. The number of hydrogen-bond acceptors (Lipinski definition) is 1. The number of hydrogen-bond donors (Lipinski definition) is 0. The maximum atomic E-state index is 13.1. The lowest BCUT2D eigenvalue weighted by Gasteiger charge is -2.01. The van der Waals surface area contributed by atoms with Crippen LogP contribution in [0.5, 0.6) is 0 Å². The van der Waals surface area contributed by atoms with E-state index in [0.717, 1.165) is 11.1 Å². The van der Waals surface area contributed by atoms with Crippen LogP contribution in [-0.4, -0.2) is 0 Å². The van der Waals surface area contributed by atoms with E-state index in [1.165, 1.54) is 12.1 Å². The first-order valence-corrected chi connectivity index (χ1v) is 5.63. The third-order valence-corrected chi connectivity index (χ3v) is 2.61. The Labute approximate surface area is 106 Å². The van der Waals surface area contributed by atoms with Crippen LogP contribution in [-0.2, 0) is 0 Å². The van der Waals surface area contributed by atoms with Crippen molar-refractivity contribution < 1.29 is 4.39 Å². The van der Waals surface area contributed by atoms with Crippen molar-refractivity contribution in [3.05, 3.63) is 71.0 Å². The monoisotopic (exact) mass is 237 g/mol. The molecule has 0 aliphatic heterocycles. The van der Waals surface area contributed by atoms with Crippen LogP contribution in [0.25, 0.3) is 11.6 Å². The van der Waals surface area contributed by atoms with E-state index in [0.29, 0.717) is 11.1 Å². The van der Waals surface area contributed by atoms with E-state index >= 15 is 0 Å². The van der Waals surface area contributed by atoms with Crippen LogP contribution in [0, 0.1) is 24.1 Å². The first-order chi connectivity index (χ1) is 8.69. The summed E-state index contributed by atoms with van der Waals surface area (Å²) in [5, 5.41) is 9.16. The lowest BCUT2D eigenvalue weighted by Crippen LogP contribution is -1.84. The van der Waals surface area contributed by atoms with Gasteiger partial charge >= 0.3 is 0 Å². The van der Waals surface area contributed by atoms with Crippen LogP contribution in [0.3, 0.4) is 0 Å². The van der Waals surface area contributed by atoms with Crippen LogP contribution in [0.4, 0.5) is 4.39 Å². The number of nitriles is 1. The molecule has 0 saturated heterocycles. The lowest BCUT2D eigenvalue weighted by atomic mass is 10.0. The van der Waals surface area contributed by atoms with Gasteiger partial charge < -0.3 is 0 Å². The van der Waals surface area contributed by atoms with Gasteiger partial charge in [0.15, 0.2) is 0 Å². The molecule has 88 valence electrons. The quantitative estimate of drug-likeness (QED) is 0.567. The molecular formula is C16H12FN. The highest BCUT2D eigenvalue weighted by Gasteiger charge is 2.02. The Bertz CT molecular complexity index is 636. The zero-order valence-electron chi connectivity index (χ0n) is 10.0. The van der Waals surface area contributed by atoms with Gasteiger partial charge in [0.25, 0.3) is 0 Å². The summed E-state index contributed by atoms with van der Waals surface area (Å²) in [6, 6.07) is 16.0. The minimum absolute atomic E-state index is 0.335. The second kappa shape index (κ2) is 5.29. The highest BCUT2D eigenvalue weighted by atomic mass is 19.1. The van der Waals surface area contributed by atoms with Crippen molar-refractivity contribution in [3.8, 4) is 6.07 Å². The highest BCUT2D eigenvalue weighted by Crippen LogP contribution is 2.18. The largest absolute Gasteiger partial charge is 0.207 e. The number of allylic oxidation sites excluding steroid dienone is 1. The Morgan fingerprint density at radius 2 is 1.94 bits per heavy atom. The standard InChI is InChI=1S/C16H12FN/c1-12-4-2-5-13(8-12)9-15(11-18)14-6-3-7-16(17)10-14/h2-10H,1H3/b15-9-. The third kappa shape index (κ3) is 2.83. The normalized spacial score (nSPS) is 11.1. The molecule has 0 unspecified atom stereocenters. The van der Waals surface area contributed by atoms with E-state index < -0.39 is 0 Å². The smallest absolute Gasteiger partial charge is 0.123 e. The van der Waals surface area contributed by atoms with Crippen LogP contribution in [0.15, 0.2) is 48.5 Å². The first kappa shape index (κ1) is 12.1. The molecule has 0 aromatic heterocycles. The molecule has 0 fully saturated rings. The van der Waals surface area contributed by atoms with Crippen LogP contribution >= 0.6 is 0 Å². The van der Waals surface area contributed by atoms with Gasteiger partial charge in [0.1, 0.15) is 5.82 Å². The zero-order valence-corrected chi connectivity index (χ0v) is 10.0. The van der Waals surface area contributed by atoms with Crippen LogP contribution in [0.2, 0.25) is 0 Å². The fourth-order valence-electron chi connectivity index (χ4n) is 1.76.